The highest BCUT2D eigenvalue weighted by atomic mass is 16.6. The van der Waals surface area contributed by atoms with Gasteiger partial charge in [-0.2, -0.15) is 0 Å². The average Bonchev–Trinajstić information content (AvgIpc) is 2.57. The van der Waals surface area contributed by atoms with Crippen LogP contribution in [0.2, 0.25) is 0 Å². The maximum Gasteiger partial charge on any atom is 0.404 e. The molecule has 0 heterocycles. The Bertz CT molecular complexity index is 475. The van der Waals surface area contributed by atoms with Gasteiger partial charge in [0.2, 0.25) is 0 Å². The van der Waals surface area contributed by atoms with Crippen molar-refractivity contribution in [3.05, 3.63) is 23.8 Å². The maximum absolute atomic E-state index is 11.4. The molecule has 0 aliphatic heterocycles. The first-order chi connectivity index (χ1) is 12.7. The number of amides is 1. The summed E-state index contributed by atoms with van der Waals surface area (Å²) in [5.41, 5.74) is 6.64. The maximum atomic E-state index is 11.4. The number of ether oxygens (including phenoxy) is 3. The third-order valence-electron chi connectivity index (χ3n) is 4.96. The van der Waals surface area contributed by atoms with Crippen LogP contribution >= 0.6 is 0 Å². The van der Waals surface area contributed by atoms with E-state index in [0.717, 1.165) is 12.8 Å². The van der Waals surface area contributed by atoms with Gasteiger partial charge in [0, 0.05) is 26.1 Å². The Hall–Kier alpha value is -1.33. The Balaban J connectivity index is 5.25. The van der Waals surface area contributed by atoms with Crippen molar-refractivity contribution in [1.29, 1.82) is 0 Å². The smallest absolute Gasteiger partial charge is 0.404 e. The number of rotatable bonds is 13. The molecule has 1 amide bonds. The van der Waals surface area contributed by atoms with Gasteiger partial charge in [-0.1, -0.05) is 58.4 Å². The molecule has 0 saturated heterocycles. The zero-order chi connectivity index (χ0) is 21.0. The van der Waals surface area contributed by atoms with Gasteiger partial charge in [-0.3, -0.25) is 0 Å². The van der Waals surface area contributed by atoms with Gasteiger partial charge in [0.25, 0.3) is 0 Å². The van der Waals surface area contributed by atoms with E-state index in [9.17, 15) is 4.79 Å². The normalized spacial score (nSPS) is 19.3. The molecule has 27 heavy (non-hydrogen) atoms. The van der Waals surface area contributed by atoms with Crippen LogP contribution in [0, 0.1) is 23.7 Å². The number of carbonyl (C=O) groups is 1. The molecular weight excluding hydrogens is 342 g/mol. The van der Waals surface area contributed by atoms with Gasteiger partial charge < -0.3 is 19.9 Å². The Kier molecular flexibility index (Phi) is 13.1. The molecule has 0 radical (unpaired) electrons. The molecular formula is C22H41NO4. The summed E-state index contributed by atoms with van der Waals surface area (Å²) in [4.78, 5) is 11.4. The Morgan fingerprint density at radius 3 is 2.22 bits per heavy atom. The van der Waals surface area contributed by atoms with Crippen molar-refractivity contribution < 1.29 is 19.0 Å². The predicted molar refractivity (Wildman–Crippen MR) is 112 cm³/mol. The van der Waals surface area contributed by atoms with Crippen molar-refractivity contribution >= 4 is 6.09 Å². The topological polar surface area (TPSA) is 70.8 Å². The quantitative estimate of drug-likeness (QED) is 0.456. The highest BCUT2D eigenvalue weighted by molar-refractivity contribution is 5.64. The van der Waals surface area contributed by atoms with E-state index in [0.29, 0.717) is 12.5 Å². The summed E-state index contributed by atoms with van der Waals surface area (Å²) in [6.45, 7) is 13.4. The number of methoxy groups -OCH3 is 2. The van der Waals surface area contributed by atoms with E-state index in [-0.39, 0.29) is 30.0 Å². The number of hydrogen-bond acceptors (Lipinski definition) is 4. The fourth-order valence-electron chi connectivity index (χ4n) is 3.93. The van der Waals surface area contributed by atoms with Crippen LogP contribution in [0.4, 0.5) is 4.79 Å². The molecule has 5 nitrogen and oxygen atoms in total. The largest absolute Gasteiger partial charge is 0.445 e. The van der Waals surface area contributed by atoms with Gasteiger partial charge in [-0.15, -0.1) is 0 Å². The minimum atomic E-state index is -0.740. The molecule has 5 heteroatoms. The van der Waals surface area contributed by atoms with E-state index in [2.05, 4.69) is 52.8 Å². The number of hydrogen-bond donors (Lipinski definition) is 1. The van der Waals surface area contributed by atoms with E-state index in [1.807, 2.05) is 6.92 Å². The first-order valence-corrected chi connectivity index (χ1v) is 9.99. The standard InChI is InChI=1S/C22H41NO4/c1-9-10-11-17(4)21(27-22(23)24)19(6)20(26-8)18(5)13-15(2)12-16(3)14-25-7/h10-12,16-21H,9,13-14H2,1-8H3,(H2,23,24)/b11-10-,15-12-/t16-,17-,18-,19-,20+,21-/m0/s1. The highest BCUT2D eigenvalue weighted by Gasteiger charge is 2.34. The monoisotopic (exact) mass is 383 g/mol. The number of carbonyl (C=O) groups excluding carboxylic acids is 1. The molecule has 0 saturated carbocycles. The molecule has 0 aromatic carbocycles. The third-order valence-corrected chi connectivity index (χ3v) is 4.96. The first-order valence-electron chi connectivity index (χ1n) is 9.99. The van der Waals surface area contributed by atoms with Crippen molar-refractivity contribution in [1.82, 2.24) is 0 Å². The van der Waals surface area contributed by atoms with E-state index >= 15 is 0 Å². The fourth-order valence-corrected chi connectivity index (χ4v) is 3.93. The van der Waals surface area contributed by atoms with Gasteiger partial charge in [0.15, 0.2) is 0 Å². The summed E-state index contributed by atoms with van der Waals surface area (Å²) in [6, 6.07) is 0. The zero-order valence-electron chi connectivity index (χ0n) is 18.5. The lowest BCUT2D eigenvalue weighted by atomic mass is 9.81. The van der Waals surface area contributed by atoms with Crippen LogP contribution in [-0.2, 0) is 14.2 Å². The lowest BCUT2D eigenvalue weighted by molar-refractivity contribution is -0.0480. The third kappa shape index (κ3) is 9.96. The van der Waals surface area contributed by atoms with Crippen LogP contribution in [0.3, 0.4) is 0 Å². The molecule has 0 spiro atoms. The molecule has 0 aromatic heterocycles. The second kappa shape index (κ2) is 13.8. The van der Waals surface area contributed by atoms with Crippen LogP contribution in [0.25, 0.3) is 0 Å². The van der Waals surface area contributed by atoms with Crippen molar-refractivity contribution in [3.63, 3.8) is 0 Å². The SMILES string of the molecule is CC/C=C\[C@H](C)[C@H](OC(N)=O)[C@@H](C)[C@H](OC)[C@@H](C)C/C(C)=C\[C@H](C)COC. The molecule has 0 unspecified atom stereocenters. The number of allylic oxidation sites excluding steroid dienone is 2. The van der Waals surface area contributed by atoms with E-state index in [1.54, 1.807) is 14.2 Å². The van der Waals surface area contributed by atoms with E-state index in [1.165, 1.54) is 5.57 Å². The summed E-state index contributed by atoms with van der Waals surface area (Å²) in [5.74, 6) is 0.733. The van der Waals surface area contributed by atoms with Crippen molar-refractivity contribution in [3.8, 4) is 0 Å². The zero-order valence-corrected chi connectivity index (χ0v) is 18.5. The van der Waals surface area contributed by atoms with Crippen molar-refractivity contribution in [2.45, 2.75) is 66.6 Å². The molecule has 0 aliphatic rings. The molecule has 6 atom stereocenters. The Labute approximate surface area is 166 Å². The van der Waals surface area contributed by atoms with Gasteiger partial charge in [-0.25, -0.2) is 4.79 Å². The second-order valence-corrected chi connectivity index (χ2v) is 7.78. The molecule has 0 rings (SSSR count). The summed E-state index contributed by atoms with van der Waals surface area (Å²) >= 11 is 0. The lowest BCUT2D eigenvalue weighted by Crippen LogP contribution is -2.42. The Morgan fingerprint density at radius 2 is 1.74 bits per heavy atom. The van der Waals surface area contributed by atoms with Gasteiger partial charge in [0.1, 0.15) is 6.10 Å². The van der Waals surface area contributed by atoms with Gasteiger partial charge in [-0.05, 0) is 31.6 Å². The van der Waals surface area contributed by atoms with Gasteiger partial charge >= 0.3 is 6.09 Å². The van der Waals surface area contributed by atoms with E-state index in [4.69, 9.17) is 19.9 Å². The molecule has 158 valence electrons. The molecule has 0 aromatic rings. The molecule has 2 N–H and O–H groups in total. The fraction of sp³-hybridized carbons (Fsp3) is 0.773. The molecule has 0 bridgehead atoms. The summed E-state index contributed by atoms with van der Waals surface area (Å²) < 4.78 is 16.5. The lowest BCUT2D eigenvalue weighted by Gasteiger charge is -2.35. The summed E-state index contributed by atoms with van der Waals surface area (Å²) in [7, 11) is 3.44. The second-order valence-electron chi connectivity index (χ2n) is 7.78. The summed E-state index contributed by atoms with van der Waals surface area (Å²) in [5, 5.41) is 0. The van der Waals surface area contributed by atoms with Crippen molar-refractivity contribution in [2.75, 3.05) is 20.8 Å². The highest BCUT2D eigenvalue weighted by Crippen LogP contribution is 2.30. The van der Waals surface area contributed by atoms with Crippen molar-refractivity contribution in [2.24, 2.45) is 29.4 Å². The minimum absolute atomic E-state index is 0.0122. The van der Waals surface area contributed by atoms with E-state index < -0.39 is 6.09 Å². The minimum Gasteiger partial charge on any atom is -0.445 e. The van der Waals surface area contributed by atoms with Crippen LogP contribution in [0.15, 0.2) is 23.8 Å². The average molecular weight is 384 g/mol. The van der Waals surface area contributed by atoms with Crippen LogP contribution < -0.4 is 5.73 Å². The molecule has 0 fully saturated rings. The van der Waals surface area contributed by atoms with Crippen LogP contribution in [0.5, 0.6) is 0 Å². The first kappa shape index (κ1) is 25.7. The predicted octanol–water partition coefficient (Wildman–Crippen LogP) is 4.96. The number of nitrogens with two attached hydrogens (primary N) is 1. The van der Waals surface area contributed by atoms with Gasteiger partial charge in [0.05, 0.1) is 12.7 Å². The molecule has 0 aliphatic carbocycles. The summed E-state index contributed by atoms with van der Waals surface area (Å²) in [6.07, 6.45) is 7.16. The Morgan fingerprint density at radius 1 is 1.11 bits per heavy atom. The number of primary amides is 1. The van der Waals surface area contributed by atoms with Crippen LogP contribution in [-0.4, -0.2) is 39.1 Å². The van der Waals surface area contributed by atoms with Crippen LogP contribution in [0.1, 0.15) is 54.4 Å².